The molecule has 3 aliphatic carbocycles. The Hall–Kier alpha value is -2.30. The summed E-state index contributed by atoms with van der Waals surface area (Å²) in [6.45, 7) is 2.39. The highest BCUT2D eigenvalue weighted by molar-refractivity contribution is 5.97. The van der Waals surface area contributed by atoms with E-state index in [1.807, 2.05) is 25.1 Å². The van der Waals surface area contributed by atoms with Crippen molar-refractivity contribution >= 4 is 17.6 Å². The minimum atomic E-state index is -0.864. The van der Waals surface area contributed by atoms with Crippen LogP contribution in [0.2, 0.25) is 0 Å². The van der Waals surface area contributed by atoms with E-state index >= 15 is 0 Å². The number of amides is 1. The maximum absolute atomic E-state index is 12.9. The highest BCUT2D eigenvalue weighted by Gasteiger charge is 2.70. The molecule has 2 saturated carbocycles. The van der Waals surface area contributed by atoms with Gasteiger partial charge in [0.15, 0.2) is 0 Å². The van der Waals surface area contributed by atoms with Crippen LogP contribution in [0.25, 0.3) is 0 Å². The molecular formula is C19H21NO4. The SMILES string of the molecule is CCOc1ccccc1NC(=O)[C@H]1[C@@H](C(=O)O)[C@@H]2C=C[C@H]1C21CC1. The molecule has 0 heterocycles. The molecule has 4 rings (SSSR count). The molecule has 1 amide bonds. The van der Waals surface area contributed by atoms with Crippen LogP contribution in [0.1, 0.15) is 19.8 Å². The zero-order valence-electron chi connectivity index (χ0n) is 13.6. The summed E-state index contributed by atoms with van der Waals surface area (Å²) < 4.78 is 5.55. The van der Waals surface area contributed by atoms with E-state index in [9.17, 15) is 14.7 Å². The van der Waals surface area contributed by atoms with E-state index in [2.05, 4.69) is 11.4 Å². The fourth-order valence-corrected chi connectivity index (χ4v) is 4.76. The van der Waals surface area contributed by atoms with Gasteiger partial charge in [0, 0.05) is 0 Å². The molecule has 2 N–H and O–H groups in total. The molecule has 0 aromatic heterocycles. The molecule has 1 aromatic carbocycles. The largest absolute Gasteiger partial charge is 0.492 e. The Bertz CT molecular complexity index is 722. The number of carboxylic acid groups (broad SMARTS) is 1. The Morgan fingerprint density at radius 2 is 1.88 bits per heavy atom. The summed E-state index contributed by atoms with van der Waals surface area (Å²) in [5, 5.41) is 12.6. The van der Waals surface area contributed by atoms with Gasteiger partial charge >= 0.3 is 5.97 Å². The number of aliphatic carboxylic acids is 1. The minimum Gasteiger partial charge on any atom is -0.492 e. The van der Waals surface area contributed by atoms with Gasteiger partial charge in [-0.2, -0.15) is 0 Å². The van der Waals surface area contributed by atoms with E-state index < -0.39 is 17.8 Å². The van der Waals surface area contributed by atoms with Crippen molar-refractivity contribution in [2.24, 2.45) is 29.1 Å². The quantitative estimate of drug-likeness (QED) is 0.815. The fourth-order valence-electron chi connectivity index (χ4n) is 4.76. The molecule has 1 aromatic rings. The lowest BCUT2D eigenvalue weighted by Crippen LogP contribution is -2.36. The summed E-state index contributed by atoms with van der Waals surface area (Å²) in [6.07, 6.45) is 6.14. The van der Waals surface area contributed by atoms with E-state index in [0.29, 0.717) is 18.0 Å². The highest BCUT2D eigenvalue weighted by atomic mass is 16.5. The Labute approximate surface area is 140 Å². The Kier molecular flexibility index (Phi) is 3.41. The minimum absolute atomic E-state index is 0.00196. The van der Waals surface area contributed by atoms with Crippen LogP contribution in [-0.2, 0) is 9.59 Å². The van der Waals surface area contributed by atoms with Crippen molar-refractivity contribution in [2.45, 2.75) is 19.8 Å². The van der Waals surface area contributed by atoms with Gasteiger partial charge in [0.2, 0.25) is 5.91 Å². The van der Waals surface area contributed by atoms with Gasteiger partial charge in [-0.1, -0.05) is 24.3 Å². The number of carbonyl (C=O) groups is 2. The molecule has 3 aliphatic rings. The van der Waals surface area contributed by atoms with Crippen molar-refractivity contribution in [2.75, 3.05) is 11.9 Å². The van der Waals surface area contributed by atoms with Crippen LogP contribution in [0, 0.1) is 29.1 Å². The van der Waals surface area contributed by atoms with Crippen LogP contribution in [0.4, 0.5) is 5.69 Å². The second-order valence-corrected chi connectivity index (χ2v) is 6.98. The van der Waals surface area contributed by atoms with Crippen molar-refractivity contribution in [1.29, 1.82) is 0 Å². The summed E-state index contributed by atoms with van der Waals surface area (Å²) in [4.78, 5) is 24.7. The normalized spacial score (nSPS) is 31.2. The molecule has 0 unspecified atom stereocenters. The number of anilines is 1. The van der Waals surface area contributed by atoms with Crippen molar-refractivity contribution in [3.05, 3.63) is 36.4 Å². The Morgan fingerprint density at radius 1 is 1.21 bits per heavy atom. The number of ether oxygens (including phenoxy) is 1. The number of carboxylic acids is 1. The summed E-state index contributed by atoms with van der Waals surface area (Å²) in [5.41, 5.74) is 0.634. The predicted octanol–water partition coefficient (Wildman–Crippen LogP) is 2.94. The van der Waals surface area contributed by atoms with Gasteiger partial charge in [-0.3, -0.25) is 9.59 Å². The first-order chi connectivity index (χ1) is 11.6. The van der Waals surface area contributed by atoms with Gasteiger partial charge in [-0.15, -0.1) is 0 Å². The van der Waals surface area contributed by atoms with Gasteiger partial charge in [0.1, 0.15) is 5.75 Å². The summed E-state index contributed by atoms with van der Waals surface area (Å²) in [5.74, 6) is -1.55. The average molecular weight is 327 g/mol. The van der Waals surface area contributed by atoms with Crippen LogP contribution in [0.5, 0.6) is 5.75 Å². The predicted molar refractivity (Wildman–Crippen MR) is 88.6 cm³/mol. The third kappa shape index (κ3) is 2.07. The van der Waals surface area contributed by atoms with E-state index in [-0.39, 0.29) is 23.2 Å². The average Bonchev–Trinajstić information content (AvgIpc) is 3.22. The van der Waals surface area contributed by atoms with Crippen molar-refractivity contribution < 1.29 is 19.4 Å². The number of hydrogen-bond acceptors (Lipinski definition) is 3. The van der Waals surface area contributed by atoms with E-state index in [0.717, 1.165) is 12.8 Å². The third-order valence-electron chi connectivity index (χ3n) is 5.87. The summed E-state index contributed by atoms with van der Waals surface area (Å²) in [6, 6.07) is 7.27. The van der Waals surface area contributed by atoms with Crippen molar-refractivity contribution in [1.82, 2.24) is 0 Å². The molecule has 4 atom stereocenters. The van der Waals surface area contributed by atoms with Crippen LogP contribution >= 0.6 is 0 Å². The molecule has 126 valence electrons. The Balaban J connectivity index is 1.61. The number of rotatable bonds is 5. The number of carbonyl (C=O) groups excluding carboxylic acids is 1. The first-order valence-electron chi connectivity index (χ1n) is 8.52. The Morgan fingerprint density at radius 3 is 2.50 bits per heavy atom. The molecule has 24 heavy (non-hydrogen) atoms. The lowest BCUT2D eigenvalue weighted by Gasteiger charge is -2.24. The molecule has 5 nitrogen and oxygen atoms in total. The second kappa shape index (κ2) is 5.36. The first-order valence-corrected chi connectivity index (χ1v) is 8.52. The number of hydrogen-bond donors (Lipinski definition) is 2. The molecule has 2 bridgehead atoms. The highest BCUT2D eigenvalue weighted by Crippen LogP contribution is 2.72. The first kappa shape index (κ1) is 15.2. The summed E-state index contributed by atoms with van der Waals surface area (Å²) >= 11 is 0. The number of allylic oxidation sites excluding steroid dienone is 2. The third-order valence-corrected chi connectivity index (χ3v) is 5.87. The zero-order valence-corrected chi connectivity index (χ0v) is 13.6. The summed E-state index contributed by atoms with van der Waals surface area (Å²) in [7, 11) is 0. The molecule has 0 saturated heterocycles. The molecule has 2 fully saturated rings. The second-order valence-electron chi connectivity index (χ2n) is 6.98. The van der Waals surface area contributed by atoms with Crippen LogP contribution in [0.3, 0.4) is 0 Å². The van der Waals surface area contributed by atoms with Crippen LogP contribution in [0.15, 0.2) is 36.4 Å². The smallest absolute Gasteiger partial charge is 0.307 e. The standard InChI is InChI=1S/C19H21NO4/c1-2-24-14-6-4-3-5-13(14)20-17(21)15-11-7-8-12(16(15)18(22)23)19(11)9-10-19/h3-8,11-12,15-16H,2,9-10H2,1H3,(H,20,21)(H,22,23)/t11-,12+,15-,16+/m1/s1. The van der Waals surface area contributed by atoms with Gasteiger partial charge in [0.05, 0.1) is 24.1 Å². The lowest BCUT2D eigenvalue weighted by atomic mass is 9.82. The van der Waals surface area contributed by atoms with E-state index in [1.54, 1.807) is 12.1 Å². The van der Waals surface area contributed by atoms with Gasteiger partial charge in [-0.05, 0) is 49.1 Å². The fraction of sp³-hybridized carbons (Fsp3) is 0.474. The number of para-hydroxylation sites is 2. The monoisotopic (exact) mass is 327 g/mol. The lowest BCUT2D eigenvalue weighted by molar-refractivity contribution is -0.146. The maximum Gasteiger partial charge on any atom is 0.307 e. The van der Waals surface area contributed by atoms with Crippen LogP contribution in [-0.4, -0.2) is 23.6 Å². The molecule has 5 heteroatoms. The van der Waals surface area contributed by atoms with Gasteiger partial charge in [-0.25, -0.2) is 0 Å². The zero-order chi connectivity index (χ0) is 16.9. The van der Waals surface area contributed by atoms with Gasteiger partial charge in [0.25, 0.3) is 0 Å². The number of nitrogens with one attached hydrogen (secondary N) is 1. The topological polar surface area (TPSA) is 75.6 Å². The molecule has 0 radical (unpaired) electrons. The van der Waals surface area contributed by atoms with Crippen LogP contribution < -0.4 is 10.1 Å². The molecule has 0 aliphatic heterocycles. The number of benzene rings is 1. The van der Waals surface area contributed by atoms with E-state index in [1.165, 1.54) is 0 Å². The molecule has 1 spiro atoms. The van der Waals surface area contributed by atoms with Crippen molar-refractivity contribution in [3.63, 3.8) is 0 Å². The van der Waals surface area contributed by atoms with Crippen molar-refractivity contribution in [3.8, 4) is 5.75 Å². The molecular weight excluding hydrogens is 306 g/mol. The maximum atomic E-state index is 12.9. The van der Waals surface area contributed by atoms with Gasteiger partial charge < -0.3 is 15.2 Å². The van der Waals surface area contributed by atoms with E-state index in [4.69, 9.17) is 4.74 Å².